The molecule has 124 valence electrons. The lowest BCUT2D eigenvalue weighted by molar-refractivity contribution is -0.0971. The number of aliphatic imine (C=N–C) groups is 1. The van der Waals surface area contributed by atoms with Crippen LogP contribution in [0, 0.1) is 17.0 Å². The van der Waals surface area contributed by atoms with Gasteiger partial charge in [-0.2, -0.15) is 0 Å². The maximum Gasteiger partial charge on any atom is 0.191 e. The first-order valence-electron chi connectivity index (χ1n) is 6.93. The minimum absolute atomic E-state index is 0. The van der Waals surface area contributed by atoms with Gasteiger partial charge in [-0.1, -0.05) is 13.0 Å². The highest BCUT2D eigenvalue weighted by molar-refractivity contribution is 14.0. The summed E-state index contributed by atoms with van der Waals surface area (Å²) < 4.78 is 31.9. The molecule has 2 N–H and O–H groups in total. The number of hydrogen-bond donors (Lipinski definition) is 2. The summed E-state index contributed by atoms with van der Waals surface area (Å²) in [4.78, 5) is 4.12. The Morgan fingerprint density at radius 3 is 2.59 bits per heavy atom. The minimum atomic E-state index is -0.580. The van der Waals surface area contributed by atoms with Crippen LogP contribution in [0.1, 0.15) is 25.5 Å². The first kappa shape index (κ1) is 19.1. The lowest BCUT2D eigenvalue weighted by Gasteiger charge is -2.38. The lowest BCUT2D eigenvalue weighted by Crippen LogP contribution is -2.51. The van der Waals surface area contributed by atoms with Crippen molar-refractivity contribution in [3.63, 3.8) is 0 Å². The molecule has 1 aliphatic heterocycles. The summed E-state index contributed by atoms with van der Waals surface area (Å²) in [6, 6.07) is 3.26. The first-order valence-corrected chi connectivity index (χ1v) is 6.93. The smallest absolute Gasteiger partial charge is 0.191 e. The van der Waals surface area contributed by atoms with Crippen LogP contribution in [-0.4, -0.2) is 32.8 Å². The van der Waals surface area contributed by atoms with Crippen molar-refractivity contribution in [2.75, 3.05) is 26.8 Å². The molecule has 4 nitrogen and oxygen atoms in total. The first-order chi connectivity index (χ1) is 9.93. The van der Waals surface area contributed by atoms with Crippen molar-refractivity contribution >= 4 is 29.9 Å². The summed E-state index contributed by atoms with van der Waals surface area (Å²) in [5.41, 5.74) is 0.514. The van der Waals surface area contributed by atoms with Gasteiger partial charge in [0.2, 0.25) is 0 Å². The highest BCUT2D eigenvalue weighted by Gasteiger charge is 2.33. The third-order valence-electron chi connectivity index (χ3n) is 3.59. The van der Waals surface area contributed by atoms with Gasteiger partial charge in [0.05, 0.1) is 19.3 Å². The van der Waals surface area contributed by atoms with Crippen LogP contribution in [0.15, 0.2) is 23.2 Å². The highest BCUT2D eigenvalue weighted by Crippen LogP contribution is 2.25. The van der Waals surface area contributed by atoms with Gasteiger partial charge in [-0.05, 0) is 13.0 Å². The van der Waals surface area contributed by atoms with Crippen LogP contribution < -0.4 is 10.6 Å². The van der Waals surface area contributed by atoms with Crippen molar-refractivity contribution in [1.82, 2.24) is 10.6 Å². The van der Waals surface area contributed by atoms with Crippen LogP contribution in [0.3, 0.4) is 0 Å². The second-order valence-electron chi connectivity index (χ2n) is 5.76. The van der Waals surface area contributed by atoms with E-state index in [0.29, 0.717) is 11.5 Å². The van der Waals surface area contributed by atoms with Crippen LogP contribution in [-0.2, 0) is 4.74 Å². The molecule has 1 aromatic rings. The average Bonchev–Trinajstić information content (AvgIpc) is 2.41. The van der Waals surface area contributed by atoms with Crippen molar-refractivity contribution in [2.45, 2.75) is 19.9 Å². The van der Waals surface area contributed by atoms with Crippen LogP contribution in [0.25, 0.3) is 0 Å². The molecule has 0 aromatic heterocycles. The molecule has 1 saturated heterocycles. The van der Waals surface area contributed by atoms with Gasteiger partial charge < -0.3 is 15.4 Å². The van der Waals surface area contributed by atoms with E-state index in [4.69, 9.17) is 4.74 Å². The zero-order valence-electron chi connectivity index (χ0n) is 13.0. The number of benzene rings is 1. The van der Waals surface area contributed by atoms with E-state index in [-0.39, 0.29) is 35.4 Å². The van der Waals surface area contributed by atoms with E-state index in [2.05, 4.69) is 22.5 Å². The Balaban J connectivity index is 0.00000242. The molecule has 0 spiro atoms. The summed E-state index contributed by atoms with van der Waals surface area (Å²) in [6.07, 6.45) is 0. The molecule has 7 heteroatoms. The largest absolute Gasteiger partial charge is 0.380 e. The molecular weight excluding hydrogens is 403 g/mol. The Kier molecular flexibility index (Phi) is 6.98. The van der Waals surface area contributed by atoms with Gasteiger partial charge in [-0.3, -0.25) is 4.99 Å². The van der Waals surface area contributed by atoms with Crippen molar-refractivity contribution in [3.05, 3.63) is 35.4 Å². The third-order valence-corrected chi connectivity index (χ3v) is 3.59. The second kappa shape index (κ2) is 8.05. The van der Waals surface area contributed by atoms with E-state index >= 15 is 0 Å². The molecule has 1 aromatic carbocycles. The van der Waals surface area contributed by atoms with Crippen molar-refractivity contribution < 1.29 is 13.5 Å². The molecule has 0 bridgehead atoms. The maximum absolute atomic E-state index is 13.7. The van der Waals surface area contributed by atoms with E-state index in [1.165, 1.54) is 12.1 Å². The molecule has 1 unspecified atom stereocenters. The van der Waals surface area contributed by atoms with E-state index in [1.54, 1.807) is 14.0 Å². The number of rotatable bonds is 4. The topological polar surface area (TPSA) is 45.7 Å². The van der Waals surface area contributed by atoms with Gasteiger partial charge in [-0.25, -0.2) is 8.78 Å². The molecule has 1 fully saturated rings. The normalized spacial score (nSPS) is 18.0. The van der Waals surface area contributed by atoms with Gasteiger partial charge in [0.15, 0.2) is 5.96 Å². The molecule has 0 radical (unpaired) electrons. The van der Waals surface area contributed by atoms with Crippen LogP contribution in [0.4, 0.5) is 8.78 Å². The zero-order valence-corrected chi connectivity index (χ0v) is 15.3. The molecule has 1 heterocycles. The summed E-state index contributed by atoms with van der Waals surface area (Å²) in [5.74, 6) is -0.562. The van der Waals surface area contributed by atoms with Gasteiger partial charge in [0.25, 0.3) is 0 Å². The van der Waals surface area contributed by atoms with Crippen molar-refractivity contribution in [1.29, 1.82) is 0 Å². The quantitative estimate of drug-likeness (QED) is 0.443. The predicted molar refractivity (Wildman–Crippen MR) is 93.6 cm³/mol. The molecule has 22 heavy (non-hydrogen) atoms. The third kappa shape index (κ3) is 4.77. The van der Waals surface area contributed by atoms with Crippen LogP contribution in [0.2, 0.25) is 0 Å². The Labute approximate surface area is 146 Å². The molecule has 2 rings (SSSR count). The summed E-state index contributed by atoms with van der Waals surface area (Å²) >= 11 is 0. The van der Waals surface area contributed by atoms with E-state index in [1.807, 2.05) is 0 Å². The second-order valence-corrected chi connectivity index (χ2v) is 5.76. The fourth-order valence-corrected chi connectivity index (χ4v) is 2.18. The van der Waals surface area contributed by atoms with Crippen molar-refractivity contribution in [2.24, 2.45) is 10.4 Å². The van der Waals surface area contributed by atoms with Crippen LogP contribution >= 0.6 is 24.0 Å². The molecule has 0 amide bonds. The van der Waals surface area contributed by atoms with Gasteiger partial charge in [0, 0.05) is 30.6 Å². The fraction of sp³-hybridized carbons (Fsp3) is 0.533. The van der Waals surface area contributed by atoms with Gasteiger partial charge >= 0.3 is 0 Å². The molecule has 1 atom stereocenters. The number of halogens is 3. The molecule has 0 aliphatic carbocycles. The van der Waals surface area contributed by atoms with Crippen LogP contribution in [0.5, 0.6) is 0 Å². The predicted octanol–water partition coefficient (Wildman–Crippen LogP) is 2.85. The number of nitrogens with zero attached hydrogens (tertiary/aromatic N) is 1. The van der Waals surface area contributed by atoms with Crippen molar-refractivity contribution in [3.8, 4) is 0 Å². The van der Waals surface area contributed by atoms with Gasteiger partial charge in [0.1, 0.15) is 11.6 Å². The zero-order chi connectivity index (χ0) is 15.5. The van der Waals surface area contributed by atoms with Gasteiger partial charge in [-0.15, -0.1) is 24.0 Å². The summed E-state index contributed by atoms with van der Waals surface area (Å²) in [7, 11) is 1.66. The standard InChI is InChI=1S/C15H21F2N3O.HI/c1-10(12-5-4-11(16)6-13(12)17)20-14(18-3)19-7-15(2)8-21-9-15;/h4-6,10H,7-9H2,1-3H3,(H2,18,19,20);1H. The molecule has 0 saturated carbocycles. The Bertz CT molecular complexity index is 536. The molecular formula is C15H22F2IN3O. The number of guanidine groups is 1. The van der Waals surface area contributed by atoms with E-state index in [0.717, 1.165) is 25.8 Å². The van der Waals surface area contributed by atoms with E-state index in [9.17, 15) is 8.78 Å². The Hall–Kier alpha value is -0.960. The van der Waals surface area contributed by atoms with E-state index < -0.39 is 11.6 Å². The summed E-state index contributed by atoms with van der Waals surface area (Å²) in [5, 5.41) is 6.31. The Morgan fingerprint density at radius 1 is 1.41 bits per heavy atom. The molecule has 1 aliphatic rings. The summed E-state index contributed by atoms with van der Waals surface area (Å²) in [6.45, 7) is 6.10. The monoisotopic (exact) mass is 425 g/mol. The lowest BCUT2D eigenvalue weighted by atomic mass is 9.89. The number of nitrogens with one attached hydrogen (secondary N) is 2. The SMILES string of the molecule is CN=C(NCC1(C)COC1)NC(C)c1ccc(F)cc1F.I. The Morgan fingerprint density at radius 2 is 2.09 bits per heavy atom. The number of hydrogen-bond acceptors (Lipinski definition) is 2. The maximum atomic E-state index is 13.7. The average molecular weight is 425 g/mol. The number of ether oxygens (including phenoxy) is 1. The minimum Gasteiger partial charge on any atom is -0.380 e. The highest BCUT2D eigenvalue weighted by atomic mass is 127. The fourth-order valence-electron chi connectivity index (χ4n) is 2.18.